The molecule has 1 rings (SSSR count). The summed E-state index contributed by atoms with van der Waals surface area (Å²) in [6.07, 6.45) is 0. The number of sulfonamides is 1. The van der Waals surface area contributed by atoms with Gasteiger partial charge in [-0.25, -0.2) is 13.1 Å². The second kappa shape index (κ2) is 6.32. The van der Waals surface area contributed by atoms with Gasteiger partial charge in [-0.15, -0.1) is 0 Å². The summed E-state index contributed by atoms with van der Waals surface area (Å²) in [6, 6.07) is 4.63. The first-order valence-corrected chi connectivity index (χ1v) is 6.84. The molecule has 0 aliphatic rings. The number of ether oxygens (including phenoxy) is 1. The fraction of sp³-hybridized carbons (Fsp3) is 0.400. The van der Waals surface area contributed by atoms with Gasteiger partial charge in [0.2, 0.25) is 10.0 Å². The van der Waals surface area contributed by atoms with Crippen LogP contribution >= 0.6 is 11.6 Å². The third kappa shape index (κ3) is 3.93. The molecule has 3 N–H and O–H groups in total. The van der Waals surface area contributed by atoms with Crippen LogP contribution in [0.25, 0.3) is 0 Å². The first kappa shape index (κ1) is 14.4. The molecule has 0 aliphatic carbocycles. The Morgan fingerprint density at radius 2 is 2.18 bits per heavy atom. The molecule has 0 unspecified atom stereocenters. The highest BCUT2D eigenvalue weighted by Gasteiger charge is 2.17. The molecule has 1 aromatic rings. The minimum Gasteiger partial charge on any atom is -0.383 e. The Morgan fingerprint density at radius 1 is 1.47 bits per heavy atom. The molecule has 17 heavy (non-hydrogen) atoms. The van der Waals surface area contributed by atoms with Crippen molar-refractivity contribution in [2.24, 2.45) is 5.73 Å². The normalized spacial score (nSPS) is 11.7. The van der Waals surface area contributed by atoms with E-state index < -0.39 is 10.0 Å². The zero-order valence-corrected chi connectivity index (χ0v) is 11.0. The fourth-order valence-corrected chi connectivity index (χ4v) is 2.82. The van der Waals surface area contributed by atoms with Gasteiger partial charge in [-0.2, -0.15) is 0 Å². The van der Waals surface area contributed by atoms with Crippen molar-refractivity contribution in [3.63, 3.8) is 0 Å². The molecule has 0 saturated heterocycles. The summed E-state index contributed by atoms with van der Waals surface area (Å²) in [4.78, 5) is 0.0486. The number of hydrogen-bond acceptors (Lipinski definition) is 4. The van der Waals surface area contributed by atoms with Crippen LogP contribution in [0.2, 0.25) is 5.02 Å². The molecule has 0 radical (unpaired) electrons. The van der Waals surface area contributed by atoms with E-state index in [1.165, 1.54) is 13.2 Å². The Morgan fingerprint density at radius 3 is 2.71 bits per heavy atom. The maximum atomic E-state index is 11.8. The number of nitrogens with one attached hydrogen (secondary N) is 1. The molecule has 0 bridgehead atoms. The van der Waals surface area contributed by atoms with E-state index in [4.69, 9.17) is 22.1 Å². The van der Waals surface area contributed by atoms with Crippen LogP contribution in [0, 0.1) is 0 Å². The molecule has 0 heterocycles. The van der Waals surface area contributed by atoms with Gasteiger partial charge in [-0.3, -0.25) is 0 Å². The van der Waals surface area contributed by atoms with Gasteiger partial charge in [0.1, 0.15) is 4.90 Å². The van der Waals surface area contributed by atoms with Gasteiger partial charge in [0, 0.05) is 20.2 Å². The molecule has 7 heteroatoms. The SMILES string of the molecule is COCCNS(=O)(=O)c1ccc(CN)cc1Cl. The Balaban J connectivity index is 2.91. The van der Waals surface area contributed by atoms with Gasteiger partial charge in [-0.1, -0.05) is 17.7 Å². The summed E-state index contributed by atoms with van der Waals surface area (Å²) in [5.41, 5.74) is 6.22. The second-order valence-corrected chi connectivity index (χ2v) is 5.50. The number of hydrogen-bond donors (Lipinski definition) is 2. The summed E-state index contributed by atoms with van der Waals surface area (Å²) in [7, 11) is -2.09. The summed E-state index contributed by atoms with van der Waals surface area (Å²) in [5, 5.41) is 0.165. The molecule has 5 nitrogen and oxygen atoms in total. The predicted molar refractivity (Wildman–Crippen MR) is 66.4 cm³/mol. The van der Waals surface area contributed by atoms with Crippen LogP contribution in [0.4, 0.5) is 0 Å². The predicted octanol–water partition coefficient (Wildman–Crippen LogP) is 0.723. The zero-order chi connectivity index (χ0) is 12.9. The minimum atomic E-state index is -3.59. The van der Waals surface area contributed by atoms with E-state index in [0.29, 0.717) is 13.2 Å². The van der Waals surface area contributed by atoms with Gasteiger partial charge >= 0.3 is 0 Å². The maximum absolute atomic E-state index is 11.8. The Labute approximate surface area is 106 Å². The number of methoxy groups -OCH3 is 1. The van der Waals surface area contributed by atoms with E-state index in [9.17, 15) is 8.42 Å². The van der Waals surface area contributed by atoms with E-state index in [1.807, 2.05) is 0 Å². The molecule has 96 valence electrons. The van der Waals surface area contributed by atoms with Crippen LogP contribution < -0.4 is 10.5 Å². The lowest BCUT2D eigenvalue weighted by Crippen LogP contribution is -2.27. The Bertz CT molecular complexity index is 476. The lowest BCUT2D eigenvalue weighted by Gasteiger charge is -2.08. The molecular weight excluding hydrogens is 264 g/mol. The van der Waals surface area contributed by atoms with Crippen molar-refractivity contribution in [3.8, 4) is 0 Å². The van der Waals surface area contributed by atoms with Crippen LogP contribution in [-0.2, 0) is 21.3 Å². The topological polar surface area (TPSA) is 81.4 Å². The van der Waals surface area contributed by atoms with E-state index in [1.54, 1.807) is 12.1 Å². The molecular formula is C10H15ClN2O3S. The van der Waals surface area contributed by atoms with Crippen LogP contribution in [-0.4, -0.2) is 28.7 Å². The van der Waals surface area contributed by atoms with Gasteiger partial charge in [0.15, 0.2) is 0 Å². The molecule has 0 aliphatic heterocycles. The average Bonchev–Trinajstić information content (AvgIpc) is 2.28. The fourth-order valence-electron chi connectivity index (χ4n) is 1.25. The first-order chi connectivity index (χ1) is 8.01. The molecule has 0 aromatic heterocycles. The van der Waals surface area contributed by atoms with Crippen molar-refractivity contribution in [1.29, 1.82) is 0 Å². The quantitative estimate of drug-likeness (QED) is 0.752. The molecule has 0 amide bonds. The number of benzene rings is 1. The average molecular weight is 279 g/mol. The van der Waals surface area contributed by atoms with Crippen molar-refractivity contribution in [1.82, 2.24) is 4.72 Å². The first-order valence-electron chi connectivity index (χ1n) is 4.98. The van der Waals surface area contributed by atoms with Crippen molar-refractivity contribution in [2.75, 3.05) is 20.3 Å². The lowest BCUT2D eigenvalue weighted by molar-refractivity contribution is 0.204. The number of halogens is 1. The smallest absolute Gasteiger partial charge is 0.242 e. The van der Waals surface area contributed by atoms with Crippen molar-refractivity contribution < 1.29 is 13.2 Å². The highest BCUT2D eigenvalue weighted by atomic mass is 35.5. The van der Waals surface area contributed by atoms with Crippen LogP contribution in [0.15, 0.2) is 23.1 Å². The number of rotatable bonds is 6. The molecule has 0 spiro atoms. The van der Waals surface area contributed by atoms with Gasteiger partial charge < -0.3 is 10.5 Å². The second-order valence-electron chi connectivity index (χ2n) is 3.36. The standard InChI is InChI=1S/C10H15ClN2O3S/c1-16-5-4-13-17(14,15)10-3-2-8(7-12)6-9(10)11/h2-3,6,13H,4-5,7,12H2,1H3. The molecule has 0 saturated carbocycles. The van der Waals surface area contributed by atoms with Crippen molar-refractivity contribution >= 4 is 21.6 Å². The zero-order valence-electron chi connectivity index (χ0n) is 9.44. The summed E-state index contributed by atoms with van der Waals surface area (Å²) in [5.74, 6) is 0. The minimum absolute atomic E-state index is 0.0486. The highest BCUT2D eigenvalue weighted by Crippen LogP contribution is 2.22. The highest BCUT2D eigenvalue weighted by molar-refractivity contribution is 7.89. The van der Waals surface area contributed by atoms with Crippen LogP contribution in [0.3, 0.4) is 0 Å². The lowest BCUT2D eigenvalue weighted by atomic mass is 10.2. The maximum Gasteiger partial charge on any atom is 0.242 e. The molecule has 0 fully saturated rings. The molecule has 0 atom stereocenters. The largest absolute Gasteiger partial charge is 0.383 e. The third-order valence-electron chi connectivity index (χ3n) is 2.12. The Hall–Kier alpha value is -0.660. The number of nitrogens with two attached hydrogens (primary N) is 1. The van der Waals surface area contributed by atoms with E-state index in [2.05, 4.69) is 4.72 Å². The van der Waals surface area contributed by atoms with Crippen LogP contribution in [0.5, 0.6) is 0 Å². The summed E-state index contributed by atoms with van der Waals surface area (Å²) >= 11 is 5.90. The van der Waals surface area contributed by atoms with E-state index in [-0.39, 0.29) is 16.5 Å². The van der Waals surface area contributed by atoms with Crippen LogP contribution in [0.1, 0.15) is 5.56 Å². The van der Waals surface area contributed by atoms with Crippen molar-refractivity contribution in [3.05, 3.63) is 28.8 Å². The van der Waals surface area contributed by atoms with Gasteiger partial charge in [0.05, 0.1) is 11.6 Å². The van der Waals surface area contributed by atoms with Gasteiger partial charge in [0.25, 0.3) is 0 Å². The third-order valence-corrected chi connectivity index (χ3v) is 4.06. The van der Waals surface area contributed by atoms with E-state index >= 15 is 0 Å². The summed E-state index contributed by atoms with van der Waals surface area (Å²) in [6.45, 7) is 0.822. The van der Waals surface area contributed by atoms with Gasteiger partial charge in [-0.05, 0) is 17.7 Å². The van der Waals surface area contributed by atoms with Crippen molar-refractivity contribution in [2.45, 2.75) is 11.4 Å². The Kier molecular flexibility index (Phi) is 5.35. The monoisotopic (exact) mass is 278 g/mol. The molecule has 1 aromatic carbocycles. The van der Waals surface area contributed by atoms with E-state index in [0.717, 1.165) is 5.56 Å². The summed E-state index contributed by atoms with van der Waals surface area (Å²) < 4.78 is 30.8.